The van der Waals surface area contributed by atoms with E-state index in [1.54, 1.807) is 0 Å². The van der Waals surface area contributed by atoms with Crippen molar-refractivity contribution in [3.8, 4) is 16.9 Å². The maximum atomic E-state index is 12.3. The molecule has 25 heavy (non-hydrogen) atoms. The fourth-order valence-corrected chi connectivity index (χ4v) is 3.19. The summed E-state index contributed by atoms with van der Waals surface area (Å²) in [4.78, 5) is 12.3. The molecule has 0 unspecified atom stereocenters. The van der Waals surface area contributed by atoms with Gasteiger partial charge in [0, 0.05) is 0 Å². The van der Waals surface area contributed by atoms with Gasteiger partial charge in [-0.1, -0.05) is 60.7 Å². The summed E-state index contributed by atoms with van der Waals surface area (Å²) in [6.45, 7) is 0.421. The molecule has 0 fully saturated rings. The highest BCUT2D eigenvalue weighted by Gasteiger charge is 2.20. The van der Waals surface area contributed by atoms with Crippen LogP contribution in [0.3, 0.4) is 0 Å². The van der Waals surface area contributed by atoms with Crippen molar-refractivity contribution in [3.05, 3.63) is 88.4 Å². The Morgan fingerprint density at radius 3 is 2.20 bits per heavy atom. The van der Waals surface area contributed by atoms with Crippen LogP contribution >= 0.6 is 15.9 Å². The normalized spacial score (nSPS) is 10.3. The number of rotatable bonds is 5. The van der Waals surface area contributed by atoms with E-state index >= 15 is 0 Å². The molecule has 3 rings (SSSR count). The van der Waals surface area contributed by atoms with Crippen LogP contribution in [0, 0.1) is 0 Å². The first-order chi connectivity index (χ1) is 12.2. The number of benzene rings is 3. The van der Waals surface area contributed by atoms with Crippen LogP contribution in [-0.4, -0.2) is 13.1 Å². The van der Waals surface area contributed by atoms with E-state index < -0.39 is 5.97 Å². The van der Waals surface area contributed by atoms with Gasteiger partial charge >= 0.3 is 5.97 Å². The SMILES string of the molecule is COC(=O)c1c(-c2ccccc2)ccc(OCc2ccccc2)c1Br. The molecule has 0 bridgehead atoms. The number of halogens is 1. The van der Waals surface area contributed by atoms with Crippen molar-refractivity contribution >= 4 is 21.9 Å². The zero-order valence-electron chi connectivity index (χ0n) is 13.7. The molecule has 0 aromatic heterocycles. The lowest BCUT2D eigenvalue weighted by Gasteiger charge is -2.15. The molecular formula is C21H17BrO3. The van der Waals surface area contributed by atoms with Crippen LogP contribution in [0.2, 0.25) is 0 Å². The minimum absolute atomic E-state index is 0.407. The van der Waals surface area contributed by atoms with Crippen molar-refractivity contribution in [3.63, 3.8) is 0 Å². The summed E-state index contributed by atoms with van der Waals surface area (Å²) in [6, 6.07) is 23.3. The Bertz CT molecular complexity index is 861. The van der Waals surface area contributed by atoms with Gasteiger partial charge in [0.1, 0.15) is 12.4 Å². The summed E-state index contributed by atoms with van der Waals surface area (Å²) >= 11 is 3.52. The average Bonchev–Trinajstić information content (AvgIpc) is 2.67. The standard InChI is InChI=1S/C21H17BrO3/c1-24-21(23)19-17(16-10-6-3-7-11-16)12-13-18(20(19)22)25-14-15-8-4-2-5-9-15/h2-13H,14H2,1H3. The number of carbonyl (C=O) groups is 1. The van der Waals surface area contributed by atoms with Crippen molar-refractivity contribution in [1.82, 2.24) is 0 Å². The molecule has 0 heterocycles. The first-order valence-corrected chi connectivity index (χ1v) is 8.63. The lowest BCUT2D eigenvalue weighted by Crippen LogP contribution is -2.07. The number of carbonyl (C=O) groups excluding carboxylic acids is 1. The van der Waals surface area contributed by atoms with E-state index in [0.29, 0.717) is 22.4 Å². The van der Waals surface area contributed by atoms with Gasteiger partial charge < -0.3 is 9.47 Å². The van der Waals surface area contributed by atoms with Crippen LogP contribution in [-0.2, 0) is 11.3 Å². The summed E-state index contributed by atoms with van der Waals surface area (Å²) in [5.74, 6) is 0.194. The Hall–Kier alpha value is -2.59. The largest absolute Gasteiger partial charge is 0.488 e. The van der Waals surface area contributed by atoms with E-state index in [4.69, 9.17) is 9.47 Å². The van der Waals surface area contributed by atoms with Gasteiger partial charge in [0.2, 0.25) is 0 Å². The second-order valence-corrected chi connectivity index (χ2v) is 6.23. The van der Waals surface area contributed by atoms with Gasteiger partial charge in [0.15, 0.2) is 0 Å². The minimum atomic E-state index is -0.407. The molecule has 0 N–H and O–H groups in total. The third-order valence-electron chi connectivity index (χ3n) is 3.82. The summed E-state index contributed by atoms with van der Waals surface area (Å²) in [5, 5.41) is 0. The topological polar surface area (TPSA) is 35.5 Å². The highest BCUT2D eigenvalue weighted by atomic mass is 79.9. The summed E-state index contributed by atoms with van der Waals surface area (Å²) in [7, 11) is 1.38. The Morgan fingerprint density at radius 2 is 1.56 bits per heavy atom. The number of methoxy groups -OCH3 is 1. The molecule has 126 valence electrons. The average molecular weight is 397 g/mol. The highest BCUT2D eigenvalue weighted by Crippen LogP contribution is 2.37. The number of hydrogen-bond donors (Lipinski definition) is 0. The van der Waals surface area contributed by atoms with E-state index in [1.807, 2.05) is 72.8 Å². The zero-order chi connectivity index (χ0) is 17.6. The second-order valence-electron chi connectivity index (χ2n) is 5.43. The molecule has 0 spiro atoms. The van der Waals surface area contributed by atoms with E-state index in [2.05, 4.69) is 15.9 Å². The predicted molar refractivity (Wildman–Crippen MR) is 102 cm³/mol. The first kappa shape index (κ1) is 17.2. The van der Waals surface area contributed by atoms with Crippen molar-refractivity contribution in [2.24, 2.45) is 0 Å². The maximum Gasteiger partial charge on any atom is 0.339 e. The van der Waals surface area contributed by atoms with Crippen LogP contribution in [0.1, 0.15) is 15.9 Å². The van der Waals surface area contributed by atoms with Gasteiger partial charge in [-0.3, -0.25) is 0 Å². The monoisotopic (exact) mass is 396 g/mol. The van der Waals surface area contributed by atoms with E-state index in [-0.39, 0.29) is 0 Å². The summed E-state index contributed by atoms with van der Waals surface area (Å²) in [6.07, 6.45) is 0. The molecule has 0 atom stereocenters. The lowest BCUT2D eigenvalue weighted by atomic mass is 9.99. The van der Waals surface area contributed by atoms with Crippen molar-refractivity contribution in [1.29, 1.82) is 0 Å². The van der Waals surface area contributed by atoms with Gasteiger partial charge in [-0.05, 0) is 44.8 Å². The summed E-state index contributed by atoms with van der Waals surface area (Å²) in [5.41, 5.74) is 3.25. The molecule has 0 aliphatic rings. The smallest absolute Gasteiger partial charge is 0.339 e. The second kappa shape index (κ2) is 7.99. The maximum absolute atomic E-state index is 12.3. The van der Waals surface area contributed by atoms with Gasteiger partial charge in [-0.2, -0.15) is 0 Å². The van der Waals surface area contributed by atoms with Gasteiger partial charge in [-0.25, -0.2) is 4.79 Å². The van der Waals surface area contributed by atoms with Crippen LogP contribution < -0.4 is 4.74 Å². The molecule has 3 aromatic carbocycles. The van der Waals surface area contributed by atoms with Crippen molar-refractivity contribution in [2.45, 2.75) is 6.61 Å². The van der Waals surface area contributed by atoms with Crippen molar-refractivity contribution in [2.75, 3.05) is 7.11 Å². The van der Waals surface area contributed by atoms with Crippen LogP contribution in [0.15, 0.2) is 77.3 Å². The Morgan fingerprint density at radius 1 is 0.920 bits per heavy atom. The fraction of sp³-hybridized carbons (Fsp3) is 0.0952. The minimum Gasteiger partial charge on any atom is -0.488 e. The summed E-state index contributed by atoms with van der Waals surface area (Å²) < 4.78 is 11.5. The number of esters is 1. The van der Waals surface area contributed by atoms with E-state index in [1.165, 1.54) is 7.11 Å². The quantitative estimate of drug-likeness (QED) is 0.535. The first-order valence-electron chi connectivity index (χ1n) is 7.83. The van der Waals surface area contributed by atoms with Crippen LogP contribution in [0.4, 0.5) is 0 Å². The Labute approximate surface area is 155 Å². The molecule has 3 nitrogen and oxygen atoms in total. The lowest BCUT2D eigenvalue weighted by molar-refractivity contribution is 0.0600. The Kier molecular flexibility index (Phi) is 5.51. The number of hydrogen-bond acceptors (Lipinski definition) is 3. The molecule has 0 radical (unpaired) electrons. The number of ether oxygens (including phenoxy) is 2. The molecule has 0 saturated heterocycles. The van der Waals surface area contributed by atoms with Crippen LogP contribution in [0.5, 0.6) is 5.75 Å². The third-order valence-corrected chi connectivity index (χ3v) is 4.61. The van der Waals surface area contributed by atoms with Crippen LogP contribution in [0.25, 0.3) is 11.1 Å². The van der Waals surface area contributed by atoms with Gasteiger partial charge in [-0.15, -0.1) is 0 Å². The third kappa shape index (κ3) is 3.91. The molecular weight excluding hydrogens is 380 g/mol. The molecule has 0 aliphatic carbocycles. The van der Waals surface area contributed by atoms with Crippen molar-refractivity contribution < 1.29 is 14.3 Å². The fourth-order valence-electron chi connectivity index (χ4n) is 2.56. The highest BCUT2D eigenvalue weighted by molar-refractivity contribution is 9.10. The predicted octanol–water partition coefficient (Wildman–Crippen LogP) is 5.48. The van der Waals surface area contributed by atoms with Gasteiger partial charge in [0.25, 0.3) is 0 Å². The van der Waals surface area contributed by atoms with Gasteiger partial charge in [0.05, 0.1) is 17.1 Å². The van der Waals surface area contributed by atoms with E-state index in [0.717, 1.165) is 16.7 Å². The molecule has 0 saturated carbocycles. The zero-order valence-corrected chi connectivity index (χ0v) is 15.3. The molecule has 0 amide bonds. The van der Waals surface area contributed by atoms with E-state index in [9.17, 15) is 4.79 Å². The molecule has 4 heteroatoms. The Balaban J connectivity index is 1.97. The molecule has 3 aromatic rings. The molecule has 0 aliphatic heterocycles.